The Morgan fingerprint density at radius 2 is 2.05 bits per heavy atom. The minimum Gasteiger partial charge on any atom is -0.468 e. The van der Waals surface area contributed by atoms with Crippen molar-refractivity contribution < 1.29 is 22.7 Å². The number of sulfonamides is 1. The third-order valence-corrected chi connectivity index (χ3v) is 10.0. The molecule has 1 amide bonds. The van der Waals surface area contributed by atoms with E-state index in [0.717, 1.165) is 26.6 Å². The topological polar surface area (TPSA) is 123 Å². The highest BCUT2D eigenvalue weighted by Gasteiger charge is 2.43. The summed E-state index contributed by atoms with van der Waals surface area (Å²) in [6.07, 6.45) is 1.86. The Balaban J connectivity index is 1.43. The summed E-state index contributed by atoms with van der Waals surface area (Å²) in [4.78, 5) is 31.6. The summed E-state index contributed by atoms with van der Waals surface area (Å²) in [6, 6.07) is 12.9. The second-order valence-electron chi connectivity index (χ2n) is 8.69. The van der Waals surface area contributed by atoms with E-state index in [1.807, 2.05) is 18.2 Å². The first-order valence-corrected chi connectivity index (χ1v) is 14.0. The predicted octanol–water partition coefficient (Wildman–Crippen LogP) is 3.65. The van der Waals surface area contributed by atoms with Gasteiger partial charge in [0.2, 0.25) is 5.91 Å². The maximum Gasteiger partial charge on any atom is 0.321 e. The molecular formula is C25H23ClN4O5S2. The number of thiophene rings is 1. The van der Waals surface area contributed by atoms with Gasteiger partial charge < -0.3 is 15.4 Å². The van der Waals surface area contributed by atoms with Gasteiger partial charge in [-0.3, -0.25) is 14.6 Å². The molecule has 4 aromatic rings. The van der Waals surface area contributed by atoms with E-state index >= 15 is 0 Å². The van der Waals surface area contributed by atoms with Gasteiger partial charge in [-0.25, -0.2) is 8.42 Å². The molecule has 0 aliphatic carbocycles. The highest BCUT2D eigenvalue weighted by molar-refractivity contribution is 7.91. The number of anilines is 1. The molecule has 1 fully saturated rings. The SMILES string of the molecule is COC(=O)CN(C1CCN(Cc2ccc3c(N)ccnc3c2)C1=O)S(=O)(=O)c1cc2ccc(Cl)cc2s1. The number of halogens is 1. The molecule has 1 aliphatic rings. The smallest absolute Gasteiger partial charge is 0.321 e. The molecule has 12 heteroatoms. The van der Waals surface area contributed by atoms with E-state index in [9.17, 15) is 18.0 Å². The van der Waals surface area contributed by atoms with Gasteiger partial charge in [-0.1, -0.05) is 29.8 Å². The summed E-state index contributed by atoms with van der Waals surface area (Å²) in [6.45, 7) is 0.0353. The van der Waals surface area contributed by atoms with Gasteiger partial charge in [0.05, 0.1) is 12.6 Å². The number of nitrogens with two attached hydrogens (primary N) is 1. The number of benzene rings is 2. The number of methoxy groups -OCH3 is 1. The zero-order valence-electron chi connectivity index (χ0n) is 19.8. The number of likely N-dealkylation sites (tertiary alicyclic amines) is 1. The highest BCUT2D eigenvalue weighted by atomic mass is 35.5. The largest absolute Gasteiger partial charge is 0.468 e. The van der Waals surface area contributed by atoms with Crippen molar-refractivity contribution in [3.63, 3.8) is 0 Å². The van der Waals surface area contributed by atoms with Crippen LogP contribution in [0.5, 0.6) is 0 Å². The standard InChI is InChI=1S/C25H23ClN4O5S2/c1-35-23(31)14-30(37(33,34)24-11-16-3-4-17(26)12-22(16)36-24)21-7-9-29(25(21)32)13-15-2-5-18-19(27)6-8-28-20(18)10-15/h2-6,8,10-12,21H,7,9,13-14H2,1H3,(H2,27,28). The second kappa shape index (κ2) is 9.90. The van der Waals surface area contributed by atoms with Crippen molar-refractivity contribution in [2.45, 2.75) is 23.2 Å². The summed E-state index contributed by atoms with van der Waals surface area (Å²) in [7, 11) is -3.01. The van der Waals surface area contributed by atoms with Gasteiger partial charge in [-0.15, -0.1) is 11.3 Å². The van der Waals surface area contributed by atoms with Crippen LogP contribution < -0.4 is 5.73 Å². The van der Waals surface area contributed by atoms with E-state index in [2.05, 4.69) is 4.98 Å². The van der Waals surface area contributed by atoms with Crippen LogP contribution in [0.15, 0.2) is 58.9 Å². The van der Waals surface area contributed by atoms with E-state index in [4.69, 9.17) is 22.1 Å². The number of nitrogen functional groups attached to an aromatic ring is 1. The molecule has 0 bridgehead atoms. The maximum atomic E-state index is 13.7. The molecule has 1 atom stereocenters. The number of hydrogen-bond donors (Lipinski definition) is 1. The first kappa shape index (κ1) is 25.4. The predicted molar refractivity (Wildman–Crippen MR) is 143 cm³/mol. The van der Waals surface area contributed by atoms with Crippen molar-refractivity contribution >= 4 is 71.5 Å². The van der Waals surface area contributed by atoms with Crippen LogP contribution in [0.1, 0.15) is 12.0 Å². The van der Waals surface area contributed by atoms with E-state index < -0.39 is 28.6 Å². The van der Waals surface area contributed by atoms with Crippen LogP contribution in [-0.4, -0.2) is 60.7 Å². The number of esters is 1. The number of rotatable bonds is 7. The average molecular weight is 559 g/mol. The minimum absolute atomic E-state index is 0.0260. The molecule has 1 aliphatic heterocycles. The summed E-state index contributed by atoms with van der Waals surface area (Å²) < 4.78 is 33.9. The van der Waals surface area contributed by atoms with Gasteiger partial charge in [-0.05, 0) is 47.7 Å². The van der Waals surface area contributed by atoms with Crippen molar-refractivity contribution in [1.29, 1.82) is 0 Å². The fourth-order valence-electron chi connectivity index (χ4n) is 4.46. The number of nitrogens with zero attached hydrogens (tertiary/aromatic N) is 3. The van der Waals surface area contributed by atoms with Crippen molar-refractivity contribution in [2.24, 2.45) is 0 Å². The quantitative estimate of drug-likeness (QED) is 0.343. The number of hydrogen-bond acceptors (Lipinski definition) is 8. The van der Waals surface area contributed by atoms with Crippen LogP contribution in [0, 0.1) is 0 Å². The van der Waals surface area contributed by atoms with Crippen LogP contribution in [0.25, 0.3) is 21.0 Å². The third-order valence-electron chi connectivity index (χ3n) is 6.37. The molecule has 37 heavy (non-hydrogen) atoms. The Bertz CT molecular complexity index is 1640. The molecule has 0 radical (unpaired) electrons. The molecule has 1 unspecified atom stereocenters. The summed E-state index contributed by atoms with van der Waals surface area (Å²) in [5.74, 6) is -1.13. The maximum absolute atomic E-state index is 13.7. The molecule has 5 rings (SSSR count). The van der Waals surface area contributed by atoms with Gasteiger partial charge in [0.15, 0.2) is 0 Å². The lowest BCUT2D eigenvalue weighted by molar-refractivity contribution is -0.141. The molecule has 192 valence electrons. The molecule has 2 N–H and O–H groups in total. The zero-order valence-corrected chi connectivity index (χ0v) is 22.1. The Hall–Kier alpha value is -3.25. The average Bonchev–Trinajstić information content (AvgIpc) is 3.46. The molecule has 3 heterocycles. The second-order valence-corrected chi connectivity index (χ2v) is 12.3. The molecule has 1 saturated heterocycles. The van der Waals surface area contributed by atoms with Crippen molar-refractivity contribution in [3.05, 3.63) is 65.3 Å². The molecule has 0 saturated carbocycles. The van der Waals surface area contributed by atoms with E-state index in [-0.39, 0.29) is 23.1 Å². The first-order valence-electron chi connectivity index (χ1n) is 11.4. The Kier molecular flexibility index (Phi) is 6.80. The van der Waals surface area contributed by atoms with Gasteiger partial charge >= 0.3 is 5.97 Å². The molecule has 2 aromatic heterocycles. The minimum atomic E-state index is -4.19. The molecular weight excluding hydrogens is 536 g/mol. The van der Waals surface area contributed by atoms with Crippen molar-refractivity contribution in [3.8, 4) is 0 Å². The first-order chi connectivity index (χ1) is 17.7. The number of ether oxygens (including phenoxy) is 1. The lowest BCUT2D eigenvalue weighted by Crippen LogP contribution is -2.47. The van der Waals surface area contributed by atoms with Gasteiger partial charge in [0.1, 0.15) is 16.8 Å². The molecule has 2 aromatic carbocycles. The van der Waals surface area contributed by atoms with E-state index in [1.54, 1.807) is 35.4 Å². The van der Waals surface area contributed by atoms with Gasteiger partial charge in [-0.2, -0.15) is 4.31 Å². The van der Waals surface area contributed by atoms with Crippen LogP contribution in [0.3, 0.4) is 0 Å². The monoisotopic (exact) mass is 558 g/mol. The number of amides is 1. The normalized spacial score (nSPS) is 16.2. The Morgan fingerprint density at radius 1 is 1.24 bits per heavy atom. The molecule has 9 nitrogen and oxygen atoms in total. The molecule has 0 spiro atoms. The Morgan fingerprint density at radius 3 is 2.84 bits per heavy atom. The lowest BCUT2D eigenvalue weighted by atomic mass is 10.1. The fourth-order valence-corrected chi connectivity index (χ4v) is 7.82. The number of carbonyl (C=O) groups excluding carboxylic acids is 2. The number of fused-ring (bicyclic) bond motifs is 2. The van der Waals surface area contributed by atoms with Crippen LogP contribution in [-0.2, 0) is 30.9 Å². The number of carbonyl (C=O) groups is 2. The van der Waals surface area contributed by atoms with E-state index in [1.165, 1.54) is 13.2 Å². The van der Waals surface area contributed by atoms with Crippen LogP contribution in [0.2, 0.25) is 5.02 Å². The Labute approximate surface area is 222 Å². The van der Waals surface area contributed by atoms with Crippen molar-refractivity contribution in [2.75, 3.05) is 25.9 Å². The fraction of sp³-hybridized carbons (Fsp3) is 0.240. The zero-order chi connectivity index (χ0) is 26.3. The van der Waals surface area contributed by atoms with Gasteiger partial charge in [0, 0.05) is 40.1 Å². The van der Waals surface area contributed by atoms with Crippen LogP contribution >= 0.6 is 22.9 Å². The summed E-state index contributed by atoms with van der Waals surface area (Å²) in [5.41, 5.74) is 8.16. The summed E-state index contributed by atoms with van der Waals surface area (Å²) >= 11 is 7.10. The van der Waals surface area contributed by atoms with Crippen LogP contribution in [0.4, 0.5) is 5.69 Å². The lowest BCUT2D eigenvalue weighted by Gasteiger charge is -2.26. The van der Waals surface area contributed by atoms with Crippen molar-refractivity contribution in [1.82, 2.24) is 14.2 Å². The highest BCUT2D eigenvalue weighted by Crippen LogP contribution is 2.35. The van der Waals surface area contributed by atoms with E-state index in [0.29, 0.717) is 32.9 Å². The third kappa shape index (κ3) is 4.87. The number of aromatic nitrogens is 1. The van der Waals surface area contributed by atoms with Gasteiger partial charge in [0.25, 0.3) is 10.0 Å². The summed E-state index contributed by atoms with van der Waals surface area (Å²) in [5, 5.41) is 2.01. The number of pyridine rings is 1.